The molecule has 0 spiro atoms. The Balaban J connectivity index is 1.37. The van der Waals surface area contributed by atoms with Gasteiger partial charge >= 0.3 is 0 Å². The molecule has 2 aromatic carbocycles. The first-order valence-electron chi connectivity index (χ1n) is 11.2. The molecule has 0 aliphatic carbocycles. The summed E-state index contributed by atoms with van der Waals surface area (Å²) in [6.07, 6.45) is 2.37. The summed E-state index contributed by atoms with van der Waals surface area (Å²) >= 11 is 0. The quantitative estimate of drug-likeness (QED) is 0.578. The summed E-state index contributed by atoms with van der Waals surface area (Å²) in [4.78, 5) is 14.8. The molecular weight excluding hydrogens is 402 g/mol. The second-order valence-electron chi connectivity index (χ2n) is 8.57. The van der Waals surface area contributed by atoms with E-state index in [1.54, 1.807) is 7.11 Å². The van der Waals surface area contributed by atoms with Crippen LogP contribution in [-0.2, 0) is 17.8 Å². The number of ether oxygens (including phenoxy) is 1. The molecule has 2 atom stereocenters. The van der Waals surface area contributed by atoms with E-state index in [0.29, 0.717) is 24.8 Å². The van der Waals surface area contributed by atoms with E-state index >= 15 is 0 Å². The molecule has 1 amide bonds. The molecule has 168 valence electrons. The number of hydrogen-bond donors (Lipinski definition) is 1. The van der Waals surface area contributed by atoms with E-state index in [1.165, 1.54) is 0 Å². The van der Waals surface area contributed by atoms with Crippen molar-refractivity contribution in [2.75, 3.05) is 27.2 Å². The third kappa shape index (κ3) is 5.56. The van der Waals surface area contributed by atoms with Gasteiger partial charge in [-0.1, -0.05) is 35.5 Å². The fraction of sp³-hybridized carbons (Fsp3) is 0.385. The van der Waals surface area contributed by atoms with Gasteiger partial charge in [-0.2, -0.15) is 0 Å². The van der Waals surface area contributed by atoms with Crippen LogP contribution in [0.3, 0.4) is 0 Å². The zero-order chi connectivity index (χ0) is 22.3. The average Bonchev–Trinajstić information content (AvgIpc) is 3.29. The first-order chi connectivity index (χ1) is 15.6. The topological polar surface area (TPSA) is 67.6 Å². The summed E-state index contributed by atoms with van der Waals surface area (Å²) in [5.41, 5.74) is 3.05. The number of piperidine rings is 1. The molecule has 6 heteroatoms. The van der Waals surface area contributed by atoms with Gasteiger partial charge in [0.2, 0.25) is 5.91 Å². The molecule has 0 unspecified atom stereocenters. The van der Waals surface area contributed by atoms with E-state index in [-0.39, 0.29) is 5.91 Å². The van der Waals surface area contributed by atoms with E-state index < -0.39 is 0 Å². The summed E-state index contributed by atoms with van der Waals surface area (Å²) in [5, 5.41) is 7.79. The zero-order valence-corrected chi connectivity index (χ0v) is 18.8. The largest absolute Gasteiger partial charge is 0.497 e. The Hall–Kier alpha value is -3.12. The Kier molecular flexibility index (Phi) is 7.22. The molecule has 0 bridgehead atoms. The Bertz CT molecular complexity index is 1000. The number of methoxy groups -OCH3 is 1. The standard InChI is InChI=1S/C26H31N3O3/c1-29(18-19-6-4-3-5-7-19)26(30)15-21-12-13-27-17-22(21)14-23-16-25(32-28-23)20-8-10-24(31-2)11-9-20/h3-11,16,21-22,27H,12-15,17-18H2,1-2H3/t21-,22+/m1/s1. The summed E-state index contributed by atoms with van der Waals surface area (Å²) in [5.74, 6) is 2.45. The number of nitrogens with zero attached hydrogens (tertiary/aromatic N) is 2. The lowest BCUT2D eigenvalue weighted by Gasteiger charge is -2.32. The van der Waals surface area contributed by atoms with Crippen molar-refractivity contribution in [1.29, 1.82) is 0 Å². The molecule has 1 fully saturated rings. The molecule has 32 heavy (non-hydrogen) atoms. The van der Waals surface area contributed by atoms with Crippen LogP contribution in [0.15, 0.2) is 65.2 Å². The van der Waals surface area contributed by atoms with Crippen molar-refractivity contribution in [3.63, 3.8) is 0 Å². The lowest BCUT2D eigenvalue weighted by molar-refractivity contribution is -0.132. The highest BCUT2D eigenvalue weighted by molar-refractivity contribution is 5.76. The highest BCUT2D eigenvalue weighted by Gasteiger charge is 2.29. The minimum atomic E-state index is 0.199. The summed E-state index contributed by atoms with van der Waals surface area (Å²) < 4.78 is 10.8. The molecule has 0 radical (unpaired) electrons. The lowest BCUT2D eigenvalue weighted by atomic mass is 9.81. The van der Waals surface area contributed by atoms with Gasteiger partial charge in [0.15, 0.2) is 5.76 Å². The van der Waals surface area contributed by atoms with Gasteiger partial charge in [0, 0.05) is 31.6 Å². The number of carbonyl (C=O) groups is 1. The second-order valence-corrected chi connectivity index (χ2v) is 8.57. The monoisotopic (exact) mass is 433 g/mol. The van der Waals surface area contributed by atoms with Crippen molar-refractivity contribution in [2.24, 2.45) is 11.8 Å². The van der Waals surface area contributed by atoms with Gasteiger partial charge in [-0.3, -0.25) is 4.79 Å². The van der Waals surface area contributed by atoms with Crippen LogP contribution in [0.5, 0.6) is 5.75 Å². The van der Waals surface area contributed by atoms with Crippen LogP contribution in [0.1, 0.15) is 24.1 Å². The normalized spacial score (nSPS) is 18.3. The minimum Gasteiger partial charge on any atom is -0.497 e. The summed E-state index contributed by atoms with van der Waals surface area (Å²) in [6, 6.07) is 19.9. The first-order valence-corrected chi connectivity index (χ1v) is 11.2. The van der Waals surface area contributed by atoms with Gasteiger partial charge in [0.05, 0.1) is 12.8 Å². The molecule has 0 saturated carbocycles. The smallest absolute Gasteiger partial charge is 0.222 e. The molecule has 1 aromatic heterocycles. The maximum atomic E-state index is 12.9. The summed E-state index contributed by atoms with van der Waals surface area (Å²) in [6.45, 7) is 2.49. The van der Waals surface area contributed by atoms with Crippen LogP contribution >= 0.6 is 0 Å². The third-order valence-corrected chi connectivity index (χ3v) is 6.30. The number of amides is 1. The molecule has 1 aliphatic heterocycles. The van der Waals surface area contributed by atoms with Gasteiger partial charge in [-0.15, -0.1) is 0 Å². The molecule has 6 nitrogen and oxygen atoms in total. The minimum absolute atomic E-state index is 0.199. The second kappa shape index (κ2) is 10.5. The average molecular weight is 434 g/mol. The third-order valence-electron chi connectivity index (χ3n) is 6.30. The number of nitrogens with one attached hydrogen (secondary N) is 1. The first kappa shape index (κ1) is 22.1. The molecule has 1 saturated heterocycles. The molecule has 1 aliphatic rings. The number of carbonyl (C=O) groups excluding carboxylic acids is 1. The SMILES string of the molecule is COc1ccc(-c2cc(C[C@H]3CNCC[C@@H]3CC(=O)N(C)Cc3ccccc3)no2)cc1. The molecular formula is C26H31N3O3. The number of rotatable bonds is 8. The molecule has 4 rings (SSSR count). The highest BCUT2D eigenvalue weighted by Crippen LogP contribution is 2.29. The van der Waals surface area contributed by atoms with Crippen molar-refractivity contribution < 1.29 is 14.1 Å². The number of aromatic nitrogens is 1. The van der Waals surface area contributed by atoms with Crippen LogP contribution in [0.25, 0.3) is 11.3 Å². The van der Waals surface area contributed by atoms with E-state index in [2.05, 4.69) is 22.6 Å². The number of benzene rings is 2. The predicted octanol–water partition coefficient (Wildman–Crippen LogP) is 4.17. The number of hydrogen-bond acceptors (Lipinski definition) is 5. The fourth-order valence-electron chi connectivity index (χ4n) is 4.38. The summed E-state index contributed by atoms with van der Waals surface area (Å²) in [7, 11) is 3.55. The Labute approximate surface area is 189 Å². The van der Waals surface area contributed by atoms with Crippen molar-refractivity contribution in [2.45, 2.75) is 25.8 Å². The van der Waals surface area contributed by atoms with Gasteiger partial charge in [-0.25, -0.2) is 0 Å². The molecule has 2 heterocycles. The van der Waals surface area contributed by atoms with Crippen LogP contribution in [0.2, 0.25) is 0 Å². The van der Waals surface area contributed by atoms with E-state index in [9.17, 15) is 4.79 Å². The van der Waals surface area contributed by atoms with Crippen molar-refractivity contribution in [3.05, 3.63) is 71.9 Å². The van der Waals surface area contributed by atoms with Gasteiger partial charge in [0.25, 0.3) is 0 Å². The Morgan fingerprint density at radius 1 is 1.16 bits per heavy atom. The maximum absolute atomic E-state index is 12.9. The van der Waals surface area contributed by atoms with Crippen molar-refractivity contribution in [3.8, 4) is 17.1 Å². The zero-order valence-electron chi connectivity index (χ0n) is 18.8. The Morgan fingerprint density at radius 2 is 1.94 bits per heavy atom. The highest BCUT2D eigenvalue weighted by atomic mass is 16.5. The van der Waals surface area contributed by atoms with Crippen LogP contribution in [0.4, 0.5) is 0 Å². The van der Waals surface area contributed by atoms with Gasteiger partial charge in [0.1, 0.15) is 5.75 Å². The van der Waals surface area contributed by atoms with E-state index in [1.807, 2.05) is 60.5 Å². The maximum Gasteiger partial charge on any atom is 0.222 e. The van der Waals surface area contributed by atoms with Crippen molar-refractivity contribution >= 4 is 5.91 Å². The predicted molar refractivity (Wildman–Crippen MR) is 124 cm³/mol. The molecule has 3 aromatic rings. The van der Waals surface area contributed by atoms with Crippen LogP contribution in [-0.4, -0.2) is 43.2 Å². The molecule has 1 N–H and O–H groups in total. The van der Waals surface area contributed by atoms with Crippen LogP contribution < -0.4 is 10.1 Å². The van der Waals surface area contributed by atoms with Crippen LogP contribution in [0, 0.1) is 11.8 Å². The van der Waals surface area contributed by atoms with E-state index in [0.717, 1.165) is 54.3 Å². The Morgan fingerprint density at radius 3 is 2.69 bits per heavy atom. The fourth-order valence-corrected chi connectivity index (χ4v) is 4.38. The lowest BCUT2D eigenvalue weighted by Crippen LogP contribution is -2.40. The van der Waals surface area contributed by atoms with Crippen molar-refractivity contribution in [1.82, 2.24) is 15.4 Å². The van der Waals surface area contributed by atoms with E-state index in [4.69, 9.17) is 9.26 Å². The van der Waals surface area contributed by atoms with Gasteiger partial charge in [-0.05, 0) is 67.6 Å². The van der Waals surface area contributed by atoms with Gasteiger partial charge < -0.3 is 19.5 Å².